The predicted molar refractivity (Wildman–Crippen MR) is 78.9 cm³/mol. The standard InChI is InChI=1S/C15H16F4N2O4/c16-10-1-2-11(12(7-10)25-6-4-15(17,18)19)20-14(24)21-5-3-9(8-21)13(22)23/h1-2,7,9H,3-6,8H2,(H,20,24)(H,22,23). The molecule has 25 heavy (non-hydrogen) atoms. The van der Waals surface area contributed by atoms with Crippen LogP contribution in [0.4, 0.5) is 28.0 Å². The smallest absolute Gasteiger partial charge is 0.392 e. The van der Waals surface area contributed by atoms with E-state index in [2.05, 4.69) is 5.32 Å². The number of carbonyl (C=O) groups excluding carboxylic acids is 1. The van der Waals surface area contributed by atoms with Crippen molar-refractivity contribution in [3.8, 4) is 5.75 Å². The Morgan fingerprint density at radius 2 is 2.08 bits per heavy atom. The molecule has 1 aliphatic heterocycles. The highest BCUT2D eigenvalue weighted by Gasteiger charge is 2.31. The zero-order valence-electron chi connectivity index (χ0n) is 13.0. The summed E-state index contributed by atoms with van der Waals surface area (Å²) in [5, 5.41) is 11.3. The normalized spacial score (nSPS) is 17.4. The SMILES string of the molecule is O=C(O)C1CCN(C(=O)Nc2ccc(F)cc2OCCC(F)(F)F)C1. The van der Waals surface area contributed by atoms with E-state index in [0.717, 1.165) is 12.1 Å². The monoisotopic (exact) mass is 364 g/mol. The van der Waals surface area contributed by atoms with Crippen molar-refractivity contribution in [2.45, 2.75) is 19.0 Å². The number of hydrogen-bond donors (Lipinski definition) is 2. The molecule has 2 rings (SSSR count). The van der Waals surface area contributed by atoms with E-state index in [1.165, 1.54) is 11.0 Å². The number of nitrogens with one attached hydrogen (secondary N) is 1. The van der Waals surface area contributed by atoms with E-state index >= 15 is 0 Å². The number of anilines is 1. The first-order valence-corrected chi connectivity index (χ1v) is 7.43. The Hall–Kier alpha value is -2.52. The van der Waals surface area contributed by atoms with Gasteiger partial charge in [0.15, 0.2) is 0 Å². The Morgan fingerprint density at radius 1 is 1.36 bits per heavy atom. The number of ether oxygens (including phenoxy) is 1. The highest BCUT2D eigenvalue weighted by atomic mass is 19.4. The van der Waals surface area contributed by atoms with Crippen molar-refractivity contribution in [2.24, 2.45) is 5.92 Å². The number of urea groups is 1. The summed E-state index contributed by atoms with van der Waals surface area (Å²) in [4.78, 5) is 24.3. The van der Waals surface area contributed by atoms with Gasteiger partial charge in [-0.15, -0.1) is 0 Å². The molecular weight excluding hydrogens is 348 g/mol. The topological polar surface area (TPSA) is 78.9 Å². The summed E-state index contributed by atoms with van der Waals surface area (Å²) in [7, 11) is 0. The zero-order valence-corrected chi connectivity index (χ0v) is 13.0. The van der Waals surface area contributed by atoms with Crippen molar-refractivity contribution in [3.05, 3.63) is 24.0 Å². The molecule has 0 bridgehead atoms. The van der Waals surface area contributed by atoms with Gasteiger partial charge in [-0.25, -0.2) is 9.18 Å². The maximum Gasteiger partial charge on any atom is 0.392 e. The molecule has 2 amide bonds. The molecule has 0 saturated carbocycles. The quantitative estimate of drug-likeness (QED) is 0.787. The number of aliphatic carboxylic acids is 1. The van der Waals surface area contributed by atoms with Crippen LogP contribution in [0, 0.1) is 11.7 Å². The van der Waals surface area contributed by atoms with E-state index in [4.69, 9.17) is 9.84 Å². The van der Waals surface area contributed by atoms with Gasteiger partial charge in [-0.05, 0) is 18.6 Å². The van der Waals surface area contributed by atoms with Crippen LogP contribution in [0.3, 0.4) is 0 Å². The lowest BCUT2D eigenvalue weighted by molar-refractivity contribution is -0.141. The first kappa shape index (κ1) is 18.8. The minimum atomic E-state index is -4.42. The molecule has 0 spiro atoms. The van der Waals surface area contributed by atoms with E-state index < -0.39 is 42.9 Å². The third-order valence-electron chi connectivity index (χ3n) is 3.65. The van der Waals surface area contributed by atoms with E-state index in [-0.39, 0.29) is 24.5 Å². The number of rotatable bonds is 5. The third kappa shape index (κ3) is 5.50. The second-order valence-electron chi connectivity index (χ2n) is 5.55. The highest BCUT2D eigenvalue weighted by Crippen LogP contribution is 2.28. The van der Waals surface area contributed by atoms with Crippen molar-refractivity contribution in [2.75, 3.05) is 25.0 Å². The molecule has 1 heterocycles. The molecule has 1 unspecified atom stereocenters. The van der Waals surface area contributed by atoms with Gasteiger partial charge in [0, 0.05) is 19.2 Å². The lowest BCUT2D eigenvalue weighted by Crippen LogP contribution is -2.34. The van der Waals surface area contributed by atoms with Crippen LogP contribution in [-0.2, 0) is 4.79 Å². The number of alkyl halides is 3. The summed E-state index contributed by atoms with van der Waals surface area (Å²) in [6.07, 6.45) is -5.33. The van der Waals surface area contributed by atoms with Crippen LogP contribution in [0.1, 0.15) is 12.8 Å². The first-order chi connectivity index (χ1) is 11.7. The number of carbonyl (C=O) groups is 2. The minimum Gasteiger partial charge on any atom is -0.491 e. The van der Waals surface area contributed by atoms with Crippen molar-refractivity contribution in [3.63, 3.8) is 0 Å². The van der Waals surface area contributed by atoms with Crippen molar-refractivity contribution in [1.82, 2.24) is 4.90 Å². The van der Waals surface area contributed by atoms with Crippen molar-refractivity contribution in [1.29, 1.82) is 0 Å². The number of benzene rings is 1. The van der Waals surface area contributed by atoms with Gasteiger partial charge in [0.25, 0.3) is 0 Å². The summed E-state index contributed by atoms with van der Waals surface area (Å²) >= 11 is 0. The maximum atomic E-state index is 13.3. The number of carboxylic acid groups (broad SMARTS) is 1. The molecule has 1 aromatic carbocycles. The third-order valence-corrected chi connectivity index (χ3v) is 3.65. The number of amides is 2. The summed E-state index contributed by atoms with van der Waals surface area (Å²) in [5.74, 6) is -2.63. The molecule has 1 aliphatic rings. The van der Waals surface area contributed by atoms with Crippen LogP contribution in [-0.4, -0.2) is 47.9 Å². The number of carboxylic acids is 1. The van der Waals surface area contributed by atoms with E-state index in [0.29, 0.717) is 6.42 Å². The molecule has 10 heteroatoms. The van der Waals surface area contributed by atoms with Crippen LogP contribution >= 0.6 is 0 Å². The van der Waals surface area contributed by atoms with Gasteiger partial charge in [-0.1, -0.05) is 0 Å². The van der Waals surface area contributed by atoms with Crippen LogP contribution in [0.25, 0.3) is 0 Å². The average Bonchev–Trinajstić information content (AvgIpc) is 2.99. The number of halogens is 4. The molecular formula is C15H16F4N2O4. The summed E-state index contributed by atoms with van der Waals surface area (Å²) in [6, 6.07) is 2.43. The Morgan fingerprint density at radius 3 is 2.68 bits per heavy atom. The summed E-state index contributed by atoms with van der Waals surface area (Å²) in [6.45, 7) is -0.471. The molecule has 138 valence electrons. The fourth-order valence-corrected chi connectivity index (χ4v) is 2.34. The Labute approximate surface area is 140 Å². The molecule has 1 atom stereocenters. The average molecular weight is 364 g/mol. The van der Waals surface area contributed by atoms with E-state index in [1.807, 2.05) is 0 Å². The predicted octanol–water partition coefficient (Wildman–Crippen LogP) is 3.10. The Bertz CT molecular complexity index is 651. The lowest BCUT2D eigenvalue weighted by Gasteiger charge is -2.19. The summed E-state index contributed by atoms with van der Waals surface area (Å²) < 4.78 is 54.8. The first-order valence-electron chi connectivity index (χ1n) is 7.43. The number of hydrogen-bond acceptors (Lipinski definition) is 3. The lowest BCUT2D eigenvalue weighted by atomic mass is 10.1. The fraction of sp³-hybridized carbons (Fsp3) is 0.467. The molecule has 0 aliphatic carbocycles. The molecule has 1 fully saturated rings. The van der Waals surface area contributed by atoms with E-state index in [9.17, 15) is 27.2 Å². The number of likely N-dealkylation sites (tertiary alicyclic amines) is 1. The molecule has 6 nitrogen and oxygen atoms in total. The Kier molecular flexibility index (Phi) is 5.70. The number of nitrogens with zero attached hydrogens (tertiary/aromatic N) is 1. The van der Waals surface area contributed by atoms with Gasteiger partial charge in [-0.3, -0.25) is 4.79 Å². The van der Waals surface area contributed by atoms with Crippen LogP contribution in [0.5, 0.6) is 5.75 Å². The molecule has 1 saturated heterocycles. The molecule has 1 aromatic rings. The van der Waals surface area contributed by atoms with Crippen molar-refractivity contribution >= 4 is 17.7 Å². The fourth-order valence-electron chi connectivity index (χ4n) is 2.34. The van der Waals surface area contributed by atoms with Gasteiger partial charge < -0.3 is 20.1 Å². The molecule has 0 radical (unpaired) electrons. The second kappa shape index (κ2) is 7.58. The zero-order chi connectivity index (χ0) is 18.6. The van der Waals surface area contributed by atoms with Gasteiger partial charge in [-0.2, -0.15) is 13.2 Å². The van der Waals surface area contributed by atoms with Crippen LogP contribution in [0.15, 0.2) is 18.2 Å². The largest absolute Gasteiger partial charge is 0.491 e. The van der Waals surface area contributed by atoms with E-state index in [1.54, 1.807) is 0 Å². The molecule has 2 N–H and O–H groups in total. The summed E-state index contributed by atoms with van der Waals surface area (Å²) in [5.41, 5.74) is 0.00681. The maximum absolute atomic E-state index is 13.3. The van der Waals surface area contributed by atoms with Gasteiger partial charge >= 0.3 is 18.2 Å². The van der Waals surface area contributed by atoms with Gasteiger partial charge in [0.1, 0.15) is 11.6 Å². The van der Waals surface area contributed by atoms with Crippen LogP contribution < -0.4 is 10.1 Å². The Balaban J connectivity index is 2.01. The minimum absolute atomic E-state index is 0.00681. The van der Waals surface area contributed by atoms with Gasteiger partial charge in [0.2, 0.25) is 0 Å². The second-order valence-corrected chi connectivity index (χ2v) is 5.55. The van der Waals surface area contributed by atoms with Crippen molar-refractivity contribution < 1.29 is 37.0 Å². The van der Waals surface area contributed by atoms with Gasteiger partial charge in [0.05, 0.1) is 24.6 Å². The molecule has 0 aromatic heterocycles. The van der Waals surface area contributed by atoms with Crippen LogP contribution in [0.2, 0.25) is 0 Å². The highest BCUT2D eigenvalue weighted by molar-refractivity contribution is 5.91.